The van der Waals surface area contributed by atoms with Gasteiger partial charge in [0.25, 0.3) is 0 Å². The molecule has 0 spiro atoms. The molecular weight excluding hydrogens is 290 g/mol. The van der Waals surface area contributed by atoms with Gasteiger partial charge in [0.1, 0.15) is 17.6 Å². The van der Waals surface area contributed by atoms with Crippen LogP contribution >= 0.6 is 0 Å². The fourth-order valence-electron chi connectivity index (χ4n) is 3.11. The maximum atomic E-state index is 9.62. The second-order valence-corrected chi connectivity index (χ2v) is 5.71. The Kier molecular flexibility index (Phi) is 4.94. The Morgan fingerprint density at radius 3 is 2.87 bits per heavy atom. The van der Waals surface area contributed by atoms with Crippen LogP contribution in [-0.2, 0) is 17.6 Å². The smallest absolute Gasteiger partial charge is 0.152 e. The average Bonchev–Trinajstić information content (AvgIpc) is 3.12. The van der Waals surface area contributed by atoms with Crippen molar-refractivity contribution in [2.75, 3.05) is 25.6 Å². The van der Waals surface area contributed by atoms with Crippen molar-refractivity contribution in [3.8, 4) is 17.5 Å². The van der Waals surface area contributed by atoms with E-state index in [2.05, 4.69) is 11.4 Å². The van der Waals surface area contributed by atoms with Gasteiger partial charge in [-0.15, -0.1) is 0 Å². The minimum absolute atomic E-state index is 0.663. The maximum absolute atomic E-state index is 9.62. The average molecular weight is 311 g/mol. The molecule has 0 unspecified atom stereocenters. The maximum Gasteiger partial charge on any atom is 0.152 e. The number of nitrogens with one attached hydrogen (secondary N) is 1. The number of hydrogen-bond acceptors (Lipinski definition) is 5. The Morgan fingerprint density at radius 1 is 1.35 bits per heavy atom. The Morgan fingerprint density at radius 2 is 2.17 bits per heavy atom. The summed E-state index contributed by atoms with van der Waals surface area (Å²) in [5.74, 6) is 1.43. The molecule has 0 saturated heterocycles. The van der Waals surface area contributed by atoms with Crippen LogP contribution in [0.5, 0.6) is 0 Å². The quantitative estimate of drug-likeness (QED) is 0.826. The lowest BCUT2D eigenvalue weighted by molar-refractivity contribution is 0.197. The van der Waals surface area contributed by atoms with E-state index in [1.807, 2.05) is 12.1 Å². The fourth-order valence-corrected chi connectivity index (χ4v) is 3.11. The van der Waals surface area contributed by atoms with Gasteiger partial charge in [0.05, 0.1) is 11.8 Å². The second kappa shape index (κ2) is 7.30. The standard InChI is InChI=1S/C18H21N3O2/c1-22-10-5-9-20-18-15(12-19)13-6-2-3-7-14(13)17(21-18)16-8-4-11-23-16/h4,8,11H,2-3,5-7,9-10H2,1H3,(H,20,21). The third-order valence-corrected chi connectivity index (χ3v) is 4.20. The zero-order valence-corrected chi connectivity index (χ0v) is 13.4. The Labute approximate surface area is 136 Å². The summed E-state index contributed by atoms with van der Waals surface area (Å²) >= 11 is 0. The molecule has 1 aliphatic carbocycles. The van der Waals surface area contributed by atoms with Gasteiger partial charge < -0.3 is 14.5 Å². The summed E-state index contributed by atoms with van der Waals surface area (Å²) in [6.07, 6.45) is 6.67. The van der Waals surface area contributed by atoms with E-state index >= 15 is 0 Å². The first-order chi connectivity index (χ1) is 11.3. The highest BCUT2D eigenvalue weighted by Gasteiger charge is 2.23. The van der Waals surface area contributed by atoms with E-state index in [1.54, 1.807) is 13.4 Å². The largest absolute Gasteiger partial charge is 0.463 e. The summed E-state index contributed by atoms with van der Waals surface area (Å²) in [5.41, 5.74) is 3.87. The van der Waals surface area contributed by atoms with Crippen molar-refractivity contribution in [1.29, 1.82) is 5.26 Å². The first kappa shape index (κ1) is 15.6. The van der Waals surface area contributed by atoms with Gasteiger partial charge in [-0.1, -0.05) is 0 Å². The highest BCUT2D eigenvalue weighted by molar-refractivity contribution is 5.69. The highest BCUT2D eigenvalue weighted by Crippen LogP contribution is 2.35. The van der Waals surface area contributed by atoms with Crippen LogP contribution in [0.1, 0.15) is 36.0 Å². The molecule has 2 aromatic rings. The van der Waals surface area contributed by atoms with Crippen molar-refractivity contribution < 1.29 is 9.15 Å². The number of rotatable bonds is 6. The number of hydrogen-bond donors (Lipinski definition) is 1. The van der Waals surface area contributed by atoms with Gasteiger partial charge in [0.2, 0.25) is 0 Å². The SMILES string of the molecule is COCCCNc1nc(-c2ccco2)c2c(c1C#N)CCCC2. The number of nitriles is 1. The van der Waals surface area contributed by atoms with Crippen LogP contribution in [0, 0.1) is 11.3 Å². The van der Waals surface area contributed by atoms with Crippen LogP contribution in [0.15, 0.2) is 22.8 Å². The van der Waals surface area contributed by atoms with Crippen molar-refractivity contribution in [3.63, 3.8) is 0 Å². The molecular formula is C18H21N3O2. The second-order valence-electron chi connectivity index (χ2n) is 5.71. The normalized spacial score (nSPS) is 13.4. The molecule has 0 amide bonds. The van der Waals surface area contributed by atoms with Crippen molar-refractivity contribution in [1.82, 2.24) is 4.98 Å². The summed E-state index contributed by atoms with van der Waals surface area (Å²) in [7, 11) is 1.69. The molecule has 0 bridgehead atoms. The molecule has 2 aromatic heterocycles. The lowest BCUT2D eigenvalue weighted by Gasteiger charge is -2.21. The molecule has 23 heavy (non-hydrogen) atoms. The van der Waals surface area contributed by atoms with Gasteiger partial charge in [-0.25, -0.2) is 4.98 Å². The number of pyridine rings is 1. The molecule has 1 N–H and O–H groups in total. The molecule has 120 valence electrons. The molecule has 0 fully saturated rings. The number of aromatic nitrogens is 1. The molecule has 0 radical (unpaired) electrons. The number of ether oxygens (including phenoxy) is 1. The van der Waals surface area contributed by atoms with Gasteiger partial charge in [-0.3, -0.25) is 0 Å². The van der Waals surface area contributed by atoms with Crippen LogP contribution in [0.3, 0.4) is 0 Å². The topological polar surface area (TPSA) is 71.1 Å². The van der Waals surface area contributed by atoms with E-state index in [9.17, 15) is 5.26 Å². The predicted octanol–water partition coefficient (Wildman–Crippen LogP) is 3.54. The number of methoxy groups -OCH3 is 1. The third kappa shape index (κ3) is 3.22. The van der Waals surface area contributed by atoms with E-state index in [4.69, 9.17) is 14.1 Å². The van der Waals surface area contributed by atoms with Crippen LogP contribution in [0.25, 0.3) is 11.5 Å². The van der Waals surface area contributed by atoms with Crippen LogP contribution in [0.4, 0.5) is 5.82 Å². The molecule has 2 heterocycles. The van der Waals surface area contributed by atoms with E-state index in [1.165, 1.54) is 5.56 Å². The van der Waals surface area contributed by atoms with Gasteiger partial charge in [0, 0.05) is 20.3 Å². The predicted molar refractivity (Wildman–Crippen MR) is 88.3 cm³/mol. The molecule has 0 atom stereocenters. The lowest BCUT2D eigenvalue weighted by atomic mass is 9.87. The zero-order chi connectivity index (χ0) is 16.1. The summed E-state index contributed by atoms with van der Waals surface area (Å²) in [6, 6.07) is 6.15. The van der Waals surface area contributed by atoms with E-state index in [-0.39, 0.29) is 0 Å². The summed E-state index contributed by atoms with van der Waals surface area (Å²) in [4.78, 5) is 4.73. The molecule has 5 heteroatoms. The highest BCUT2D eigenvalue weighted by atomic mass is 16.5. The lowest BCUT2D eigenvalue weighted by Crippen LogP contribution is -2.14. The first-order valence-electron chi connectivity index (χ1n) is 8.07. The molecule has 1 aliphatic rings. The molecule has 5 nitrogen and oxygen atoms in total. The monoisotopic (exact) mass is 311 g/mol. The zero-order valence-electron chi connectivity index (χ0n) is 13.4. The molecule has 0 aromatic carbocycles. The Balaban J connectivity index is 2.01. The van der Waals surface area contributed by atoms with Crippen LogP contribution < -0.4 is 5.32 Å². The number of anilines is 1. The van der Waals surface area contributed by atoms with Gasteiger partial charge >= 0.3 is 0 Å². The minimum atomic E-state index is 0.663. The third-order valence-electron chi connectivity index (χ3n) is 4.20. The Bertz CT molecular complexity index is 702. The number of nitrogens with zero attached hydrogens (tertiary/aromatic N) is 2. The minimum Gasteiger partial charge on any atom is -0.463 e. The van der Waals surface area contributed by atoms with Gasteiger partial charge in [0.15, 0.2) is 5.76 Å². The fraction of sp³-hybridized carbons (Fsp3) is 0.444. The summed E-state index contributed by atoms with van der Waals surface area (Å²) < 4.78 is 10.6. The van der Waals surface area contributed by atoms with Gasteiger partial charge in [-0.05, 0) is 55.4 Å². The van der Waals surface area contributed by atoms with Crippen molar-refractivity contribution in [2.45, 2.75) is 32.1 Å². The van der Waals surface area contributed by atoms with E-state index in [0.29, 0.717) is 18.0 Å². The number of furan rings is 1. The van der Waals surface area contributed by atoms with Crippen molar-refractivity contribution >= 4 is 5.82 Å². The van der Waals surface area contributed by atoms with Crippen molar-refractivity contribution in [3.05, 3.63) is 35.1 Å². The van der Waals surface area contributed by atoms with Crippen LogP contribution in [0.2, 0.25) is 0 Å². The molecule has 0 aliphatic heterocycles. The first-order valence-corrected chi connectivity index (χ1v) is 8.07. The summed E-state index contributed by atoms with van der Waals surface area (Å²) in [5, 5.41) is 12.9. The molecule has 0 saturated carbocycles. The van der Waals surface area contributed by atoms with E-state index < -0.39 is 0 Å². The number of fused-ring (bicyclic) bond motifs is 1. The molecule has 3 rings (SSSR count). The van der Waals surface area contributed by atoms with Crippen LogP contribution in [-0.4, -0.2) is 25.2 Å². The Hall–Kier alpha value is -2.32. The summed E-state index contributed by atoms with van der Waals surface area (Å²) in [6.45, 7) is 1.41. The van der Waals surface area contributed by atoms with E-state index in [0.717, 1.165) is 55.7 Å². The van der Waals surface area contributed by atoms with Gasteiger partial charge in [-0.2, -0.15) is 5.26 Å². The van der Waals surface area contributed by atoms with Crippen molar-refractivity contribution in [2.24, 2.45) is 0 Å².